The first kappa shape index (κ1) is 10.9. The Labute approximate surface area is 84.4 Å². The maximum Gasteiger partial charge on any atom is 0.198 e. The van der Waals surface area contributed by atoms with E-state index >= 15 is 0 Å². The SMILES string of the molecule is C/C=N/CS(=O)(=O)c1ccc(C)cc1. The first-order valence-electron chi connectivity index (χ1n) is 4.30. The van der Waals surface area contributed by atoms with E-state index in [-0.39, 0.29) is 5.88 Å². The summed E-state index contributed by atoms with van der Waals surface area (Å²) in [5.41, 5.74) is 1.04. The largest absolute Gasteiger partial charge is 0.281 e. The molecule has 0 radical (unpaired) electrons. The molecule has 3 nitrogen and oxygen atoms in total. The Morgan fingerprint density at radius 1 is 1.29 bits per heavy atom. The molecular formula is C10H13NO2S. The number of sulfone groups is 1. The van der Waals surface area contributed by atoms with E-state index in [1.54, 1.807) is 31.2 Å². The van der Waals surface area contributed by atoms with E-state index in [9.17, 15) is 8.42 Å². The molecule has 4 heteroatoms. The quantitative estimate of drug-likeness (QED) is 0.716. The van der Waals surface area contributed by atoms with Gasteiger partial charge in [-0.3, -0.25) is 4.99 Å². The standard InChI is InChI=1S/C10H13NO2S/c1-3-11-8-14(12,13)10-6-4-9(2)5-7-10/h3-7H,8H2,1-2H3/b11-3+. The molecule has 76 valence electrons. The highest BCUT2D eigenvalue weighted by Crippen LogP contribution is 2.11. The van der Waals surface area contributed by atoms with Gasteiger partial charge in [-0.1, -0.05) is 17.7 Å². The van der Waals surface area contributed by atoms with Crippen molar-refractivity contribution in [2.75, 3.05) is 5.88 Å². The van der Waals surface area contributed by atoms with Crippen LogP contribution in [0.15, 0.2) is 34.2 Å². The van der Waals surface area contributed by atoms with E-state index in [4.69, 9.17) is 0 Å². The van der Waals surface area contributed by atoms with Gasteiger partial charge in [-0.25, -0.2) is 8.42 Å². The summed E-state index contributed by atoms with van der Waals surface area (Å²) in [5, 5.41) is 0. The fourth-order valence-electron chi connectivity index (χ4n) is 0.993. The van der Waals surface area contributed by atoms with Gasteiger partial charge in [0.1, 0.15) is 5.88 Å². The summed E-state index contributed by atoms with van der Waals surface area (Å²) >= 11 is 0. The number of benzene rings is 1. The van der Waals surface area contributed by atoms with E-state index in [1.165, 1.54) is 6.21 Å². The Balaban J connectivity index is 2.99. The lowest BCUT2D eigenvalue weighted by Crippen LogP contribution is -2.04. The third kappa shape index (κ3) is 2.67. The van der Waals surface area contributed by atoms with Gasteiger partial charge in [0, 0.05) is 0 Å². The van der Waals surface area contributed by atoms with Crippen molar-refractivity contribution in [2.24, 2.45) is 4.99 Å². The highest BCUT2D eigenvalue weighted by atomic mass is 32.2. The van der Waals surface area contributed by atoms with Crippen molar-refractivity contribution < 1.29 is 8.42 Å². The summed E-state index contributed by atoms with van der Waals surface area (Å²) in [6.45, 7) is 3.62. The molecule has 0 fully saturated rings. The minimum atomic E-state index is -3.24. The molecule has 0 saturated heterocycles. The van der Waals surface area contributed by atoms with E-state index in [0.29, 0.717) is 4.90 Å². The molecule has 1 aromatic rings. The highest BCUT2D eigenvalue weighted by Gasteiger charge is 2.11. The second-order valence-corrected chi connectivity index (χ2v) is 4.96. The third-order valence-corrected chi connectivity index (χ3v) is 3.29. The van der Waals surface area contributed by atoms with Crippen molar-refractivity contribution >= 4 is 16.1 Å². The average Bonchev–Trinajstić information content (AvgIpc) is 2.16. The Morgan fingerprint density at radius 3 is 2.36 bits per heavy atom. The molecule has 0 unspecified atom stereocenters. The summed E-state index contributed by atoms with van der Waals surface area (Å²) in [4.78, 5) is 4.06. The molecule has 0 aliphatic carbocycles. The number of aryl methyl sites for hydroxylation is 1. The molecule has 0 N–H and O–H groups in total. The molecule has 0 aromatic heterocycles. The van der Waals surface area contributed by atoms with Gasteiger partial charge in [0.2, 0.25) is 0 Å². The Morgan fingerprint density at radius 2 is 1.86 bits per heavy atom. The van der Waals surface area contributed by atoms with Crippen LogP contribution in [0.4, 0.5) is 0 Å². The second kappa shape index (κ2) is 4.37. The number of rotatable bonds is 3. The molecule has 0 aliphatic rings. The van der Waals surface area contributed by atoms with Crippen LogP contribution in [0.3, 0.4) is 0 Å². The first-order chi connectivity index (χ1) is 6.56. The van der Waals surface area contributed by atoms with Gasteiger partial charge in [-0.05, 0) is 32.2 Å². The molecule has 0 heterocycles. The van der Waals surface area contributed by atoms with Gasteiger partial charge < -0.3 is 0 Å². The monoisotopic (exact) mass is 211 g/mol. The zero-order valence-electron chi connectivity index (χ0n) is 8.27. The minimum absolute atomic E-state index is 0.174. The van der Waals surface area contributed by atoms with Crippen LogP contribution >= 0.6 is 0 Å². The van der Waals surface area contributed by atoms with Crippen molar-refractivity contribution in [3.8, 4) is 0 Å². The molecule has 0 aliphatic heterocycles. The van der Waals surface area contributed by atoms with Gasteiger partial charge in [0.25, 0.3) is 0 Å². The average molecular weight is 211 g/mol. The summed E-state index contributed by atoms with van der Waals surface area (Å²) in [6, 6.07) is 6.77. The molecule has 1 rings (SSSR count). The third-order valence-electron chi connectivity index (χ3n) is 1.81. The fourth-order valence-corrected chi connectivity index (χ4v) is 2.04. The molecule has 14 heavy (non-hydrogen) atoms. The maximum atomic E-state index is 11.6. The summed E-state index contributed by atoms with van der Waals surface area (Å²) < 4.78 is 23.2. The second-order valence-electron chi connectivity index (χ2n) is 3.00. The maximum absolute atomic E-state index is 11.6. The molecule has 0 atom stereocenters. The van der Waals surface area contributed by atoms with Gasteiger partial charge in [-0.2, -0.15) is 0 Å². The predicted octanol–water partition coefficient (Wildman–Crippen LogP) is 1.82. The molecular weight excluding hydrogens is 198 g/mol. The zero-order valence-corrected chi connectivity index (χ0v) is 9.08. The molecule has 0 bridgehead atoms. The van der Waals surface area contributed by atoms with E-state index in [1.807, 2.05) is 6.92 Å². The minimum Gasteiger partial charge on any atom is -0.281 e. The Hall–Kier alpha value is -1.16. The van der Waals surface area contributed by atoms with Gasteiger partial charge >= 0.3 is 0 Å². The predicted molar refractivity (Wildman–Crippen MR) is 57.4 cm³/mol. The lowest BCUT2D eigenvalue weighted by Gasteiger charge is -2.00. The van der Waals surface area contributed by atoms with Crippen molar-refractivity contribution in [2.45, 2.75) is 18.7 Å². The smallest absolute Gasteiger partial charge is 0.198 e. The highest BCUT2D eigenvalue weighted by molar-refractivity contribution is 7.91. The Kier molecular flexibility index (Phi) is 3.41. The summed E-state index contributed by atoms with van der Waals surface area (Å²) in [7, 11) is -3.24. The molecule has 0 spiro atoms. The van der Waals surface area contributed by atoms with Crippen LogP contribution in [0.5, 0.6) is 0 Å². The number of hydrogen-bond donors (Lipinski definition) is 0. The topological polar surface area (TPSA) is 46.5 Å². The van der Waals surface area contributed by atoms with Crippen LogP contribution < -0.4 is 0 Å². The van der Waals surface area contributed by atoms with Crippen molar-refractivity contribution in [3.63, 3.8) is 0 Å². The number of hydrogen-bond acceptors (Lipinski definition) is 3. The lowest BCUT2D eigenvalue weighted by atomic mass is 10.2. The van der Waals surface area contributed by atoms with Crippen LogP contribution in [0.2, 0.25) is 0 Å². The van der Waals surface area contributed by atoms with Crippen LogP contribution in [-0.2, 0) is 9.84 Å². The van der Waals surface area contributed by atoms with E-state index in [2.05, 4.69) is 4.99 Å². The van der Waals surface area contributed by atoms with Crippen molar-refractivity contribution in [1.82, 2.24) is 0 Å². The van der Waals surface area contributed by atoms with Gasteiger partial charge in [-0.15, -0.1) is 0 Å². The zero-order chi connectivity index (χ0) is 10.6. The van der Waals surface area contributed by atoms with Crippen LogP contribution in [0, 0.1) is 6.92 Å². The van der Waals surface area contributed by atoms with Crippen LogP contribution in [0.25, 0.3) is 0 Å². The van der Waals surface area contributed by atoms with Gasteiger partial charge in [0.15, 0.2) is 9.84 Å². The van der Waals surface area contributed by atoms with Crippen molar-refractivity contribution in [1.29, 1.82) is 0 Å². The first-order valence-corrected chi connectivity index (χ1v) is 5.95. The van der Waals surface area contributed by atoms with E-state index in [0.717, 1.165) is 5.56 Å². The van der Waals surface area contributed by atoms with Gasteiger partial charge in [0.05, 0.1) is 4.90 Å². The lowest BCUT2D eigenvalue weighted by molar-refractivity contribution is 0.596. The van der Waals surface area contributed by atoms with Crippen LogP contribution in [-0.4, -0.2) is 20.5 Å². The molecule has 0 saturated carbocycles. The number of aliphatic imine (C=N–C) groups is 1. The summed E-state index contributed by atoms with van der Waals surface area (Å²) in [5.74, 6) is -0.174. The molecule has 0 amide bonds. The normalized spacial score (nSPS) is 12.1. The van der Waals surface area contributed by atoms with E-state index < -0.39 is 9.84 Å². The van der Waals surface area contributed by atoms with Crippen LogP contribution in [0.1, 0.15) is 12.5 Å². The fraction of sp³-hybridized carbons (Fsp3) is 0.300. The summed E-state index contributed by atoms with van der Waals surface area (Å²) in [6.07, 6.45) is 1.49. The Bertz CT molecular complexity index is 418. The molecule has 1 aromatic carbocycles. The van der Waals surface area contributed by atoms with Crippen molar-refractivity contribution in [3.05, 3.63) is 29.8 Å². The number of nitrogens with zero attached hydrogens (tertiary/aromatic N) is 1.